The van der Waals surface area contributed by atoms with Gasteiger partial charge in [-0.2, -0.15) is 0 Å². The fraction of sp³-hybridized carbons (Fsp3) is 0.364. The number of benzene rings is 2. The number of rotatable bonds is 5. The SMILES string of the molecule is NC[C@@H]1CN(C(=O)c2cccc(NC(=O)NC3CC3)c2)C[C@H]1c1ccccc1. The largest absolute Gasteiger partial charge is 0.338 e. The van der Waals surface area contributed by atoms with Crippen molar-refractivity contribution in [1.29, 1.82) is 0 Å². The molecule has 146 valence electrons. The van der Waals surface area contributed by atoms with Crippen molar-refractivity contribution in [3.05, 3.63) is 65.7 Å². The van der Waals surface area contributed by atoms with Crippen molar-refractivity contribution in [3.63, 3.8) is 0 Å². The first kappa shape index (κ1) is 18.5. The molecule has 3 amide bonds. The monoisotopic (exact) mass is 378 g/mol. The number of nitrogens with two attached hydrogens (primary N) is 1. The zero-order chi connectivity index (χ0) is 19.5. The molecule has 6 heteroatoms. The van der Waals surface area contributed by atoms with Gasteiger partial charge in [-0.1, -0.05) is 36.4 Å². The molecule has 2 aromatic rings. The fourth-order valence-corrected chi connectivity index (χ4v) is 3.85. The zero-order valence-electron chi connectivity index (χ0n) is 15.8. The van der Waals surface area contributed by atoms with Crippen LogP contribution in [0.1, 0.15) is 34.7 Å². The van der Waals surface area contributed by atoms with Crippen LogP contribution in [0.5, 0.6) is 0 Å². The van der Waals surface area contributed by atoms with E-state index in [9.17, 15) is 9.59 Å². The van der Waals surface area contributed by atoms with E-state index in [2.05, 4.69) is 22.8 Å². The summed E-state index contributed by atoms with van der Waals surface area (Å²) in [6, 6.07) is 17.4. The Morgan fingerprint density at radius 2 is 1.82 bits per heavy atom. The molecule has 1 saturated carbocycles. The highest BCUT2D eigenvalue weighted by atomic mass is 16.2. The molecule has 0 spiro atoms. The van der Waals surface area contributed by atoms with E-state index in [1.54, 1.807) is 24.3 Å². The highest BCUT2D eigenvalue weighted by molar-refractivity contribution is 5.97. The van der Waals surface area contributed by atoms with E-state index in [1.165, 1.54) is 5.56 Å². The molecular formula is C22H26N4O2. The second-order valence-electron chi connectivity index (χ2n) is 7.68. The van der Waals surface area contributed by atoms with Crippen LogP contribution in [0.3, 0.4) is 0 Å². The number of carbonyl (C=O) groups excluding carboxylic acids is 2. The summed E-state index contributed by atoms with van der Waals surface area (Å²) < 4.78 is 0. The minimum absolute atomic E-state index is 0.0249. The zero-order valence-corrected chi connectivity index (χ0v) is 15.8. The second kappa shape index (κ2) is 8.02. The normalized spacial score (nSPS) is 21.4. The van der Waals surface area contributed by atoms with E-state index in [1.807, 2.05) is 23.1 Å². The molecule has 1 saturated heterocycles. The Labute approximate surface area is 165 Å². The second-order valence-corrected chi connectivity index (χ2v) is 7.68. The van der Waals surface area contributed by atoms with Gasteiger partial charge in [-0.3, -0.25) is 4.79 Å². The first-order valence-corrected chi connectivity index (χ1v) is 9.86. The third-order valence-corrected chi connectivity index (χ3v) is 5.54. The maximum Gasteiger partial charge on any atom is 0.319 e. The van der Waals surface area contributed by atoms with Crippen molar-refractivity contribution in [3.8, 4) is 0 Å². The molecule has 2 fully saturated rings. The number of carbonyl (C=O) groups is 2. The van der Waals surface area contributed by atoms with Crippen molar-refractivity contribution in [1.82, 2.24) is 10.2 Å². The van der Waals surface area contributed by atoms with Gasteiger partial charge in [0.2, 0.25) is 0 Å². The number of amides is 3. The highest BCUT2D eigenvalue weighted by Gasteiger charge is 2.35. The van der Waals surface area contributed by atoms with Crippen LogP contribution in [0.25, 0.3) is 0 Å². The van der Waals surface area contributed by atoms with Crippen LogP contribution in [0.2, 0.25) is 0 Å². The number of hydrogen-bond donors (Lipinski definition) is 3. The third kappa shape index (κ3) is 4.17. The summed E-state index contributed by atoms with van der Waals surface area (Å²) in [5.74, 6) is 0.473. The highest BCUT2D eigenvalue weighted by Crippen LogP contribution is 2.33. The van der Waals surface area contributed by atoms with E-state index in [0.717, 1.165) is 12.8 Å². The van der Waals surface area contributed by atoms with Gasteiger partial charge >= 0.3 is 6.03 Å². The Hall–Kier alpha value is -2.86. The lowest BCUT2D eigenvalue weighted by Gasteiger charge is -2.17. The maximum absolute atomic E-state index is 13.1. The number of urea groups is 1. The van der Waals surface area contributed by atoms with Crippen LogP contribution in [-0.2, 0) is 0 Å². The molecule has 1 aliphatic heterocycles. The average molecular weight is 378 g/mol. The van der Waals surface area contributed by atoms with E-state index in [-0.39, 0.29) is 29.8 Å². The van der Waals surface area contributed by atoms with E-state index >= 15 is 0 Å². The summed E-state index contributed by atoms with van der Waals surface area (Å²) in [6.45, 7) is 1.85. The molecule has 2 atom stereocenters. The molecule has 4 rings (SSSR count). The van der Waals surface area contributed by atoms with Gasteiger partial charge in [-0.25, -0.2) is 4.79 Å². The lowest BCUT2D eigenvalue weighted by atomic mass is 9.89. The minimum Gasteiger partial charge on any atom is -0.338 e. The van der Waals surface area contributed by atoms with Crippen LogP contribution in [0.15, 0.2) is 54.6 Å². The Morgan fingerprint density at radius 1 is 1.04 bits per heavy atom. The van der Waals surface area contributed by atoms with Crippen molar-refractivity contribution < 1.29 is 9.59 Å². The molecule has 28 heavy (non-hydrogen) atoms. The van der Waals surface area contributed by atoms with Crippen LogP contribution in [0, 0.1) is 5.92 Å². The molecule has 1 heterocycles. The van der Waals surface area contributed by atoms with Crippen LogP contribution in [0.4, 0.5) is 10.5 Å². The Balaban J connectivity index is 1.45. The van der Waals surface area contributed by atoms with Crippen molar-refractivity contribution in [2.45, 2.75) is 24.8 Å². The van der Waals surface area contributed by atoms with E-state index in [4.69, 9.17) is 5.73 Å². The number of nitrogens with one attached hydrogen (secondary N) is 2. The van der Waals surface area contributed by atoms with E-state index < -0.39 is 0 Å². The van der Waals surface area contributed by atoms with Gasteiger partial charge in [-0.15, -0.1) is 0 Å². The Morgan fingerprint density at radius 3 is 2.54 bits per heavy atom. The summed E-state index contributed by atoms with van der Waals surface area (Å²) in [7, 11) is 0. The molecule has 0 unspecified atom stereocenters. The van der Waals surface area contributed by atoms with Gasteiger partial charge in [0.1, 0.15) is 0 Å². The molecule has 4 N–H and O–H groups in total. The van der Waals surface area contributed by atoms with Crippen molar-refractivity contribution in [2.75, 3.05) is 25.0 Å². The van der Waals surface area contributed by atoms with Crippen LogP contribution < -0.4 is 16.4 Å². The summed E-state index contributed by atoms with van der Waals surface area (Å²) in [6.07, 6.45) is 2.07. The van der Waals surface area contributed by atoms with Gasteiger partial charge in [-0.05, 0) is 49.1 Å². The van der Waals surface area contributed by atoms with Crippen LogP contribution in [-0.4, -0.2) is 42.5 Å². The smallest absolute Gasteiger partial charge is 0.319 e. The molecule has 6 nitrogen and oxygen atoms in total. The summed E-state index contributed by atoms with van der Waals surface area (Å²) in [4.78, 5) is 26.9. The lowest BCUT2D eigenvalue weighted by Crippen LogP contribution is -2.31. The van der Waals surface area contributed by atoms with E-state index in [0.29, 0.717) is 30.9 Å². The molecule has 0 radical (unpaired) electrons. The molecule has 2 aliphatic rings. The first-order valence-electron chi connectivity index (χ1n) is 9.86. The van der Waals surface area contributed by atoms with Crippen molar-refractivity contribution >= 4 is 17.6 Å². The first-order chi connectivity index (χ1) is 13.6. The number of hydrogen-bond acceptors (Lipinski definition) is 3. The fourth-order valence-electron chi connectivity index (χ4n) is 3.85. The topological polar surface area (TPSA) is 87.5 Å². The number of anilines is 1. The van der Waals surface area contributed by atoms with Gasteiger partial charge < -0.3 is 21.3 Å². The summed E-state index contributed by atoms with van der Waals surface area (Å²) in [5.41, 5.74) is 8.42. The van der Waals surface area contributed by atoms with Gasteiger partial charge in [0, 0.05) is 36.3 Å². The van der Waals surface area contributed by atoms with Gasteiger partial charge in [0.05, 0.1) is 0 Å². The molecule has 2 aromatic carbocycles. The predicted octanol–water partition coefficient (Wildman–Crippen LogP) is 2.79. The Kier molecular flexibility index (Phi) is 5.30. The van der Waals surface area contributed by atoms with Crippen LogP contribution >= 0.6 is 0 Å². The maximum atomic E-state index is 13.1. The number of nitrogens with zero attached hydrogens (tertiary/aromatic N) is 1. The summed E-state index contributed by atoms with van der Waals surface area (Å²) >= 11 is 0. The molecule has 0 aromatic heterocycles. The van der Waals surface area contributed by atoms with Gasteiger partial charge in [0.15, 0.2) is 0 Å². The standard InChI is InChI=1S/C22H26N4O2/c23-12-17-13-26(14-20(17)15-5-2-1-3-6-15)21(27)16-7-4-8-19(11-16)25-22(28)24-18-9-10-18/h1-8,11,17-18,20H,9-10,12-14,23H2,(H2,24,25,28)/t17-,20+/m1/s1. The van der Waals surface area contributed by atoms with Gasteiger partial charge in [0.25, 0.3) is 5.91 Å². The lowest BCUT2D eigenvalue weighted by molar-refractivity contribution is 0.0786. The molecule has 0 bridgehead atoms. The number of likely N-dealkylation sites (tertiary alicyclic amines) is 1. The Bertz CT molecular complexity index is 851. The summed E-state index contributed by atoms with van der Waals surface area (Å²) in [5, 5.41) is 5.70. The molecule has 1 aliphatic carbocycles. The van der Waals surface area contributed by atoms with Crippen molar-refractivity contribution in [2.24, 2.45) is 11.7 Å². The third-order valence-electron chi connectivity index (χ3n) is 5.54. The predicted molar refractivity (Wildman–Crippen MR) is 109 cm³/mol. The minimum atomic E-state index is -0.222. The quantitative estimate of drug-likeness (QED) is 0.748. The average Bonchev–Trinajstić information content (AvgIpc) is 3.42. The molecular weight excluding hydrogens is 352 g/mol.